The molecule has 0 aromatic heterocycles. The lowest BCUT2D eigenvalue weighted by molar-refractivity contribution is 0.402. The predicted molar refractivity (Wildman–Crippen MR) is 95.7 cm³/mol. The summed E-state index contributed by atoms with van der Waals surface area (Å²) in [5, 5.41) is 0. The van der Waals surface area contributed by atoms with Crippen molar-refractivity contribution in [3.05, 3.63) is 48.2 Å². The molecule has 0 bridgehead atoms. The third kappa shape index (κ3) is 8.85. The molecule has 1 rings (SSSR count). The summed E-state index contributed by atoms with van der Waals surface area (Å²) in [5.41, 5.74) is 1.48. The fraction of sp³-hybridized carbons (Fsp3) is 0.556. The molecule has 0 aliphatic carbocycles. The van der Waals surface area contributed by atoms with Gasteiger partial charge in [-0.2, -0.15) is 0 Å². The van der Waals surface area contributed by atoms with E-state index in [1.54, 1.807) is 0 Å². The minimum atomic E-state index is 0.578. The first kappa shape index (κ1) is 18.8. The summed E-state index contributed by atoms with van der Waals surface area (Å²) in [6.07, 6.45) is 17.8. The van der Waals surface area contributed by atoms with Gasteiger partial charge in [-0.05, 0) is 25.1 Å². The lowest BCUT2D eigenvalue weighted by atomic mass is 9.66. The van der Waals surface area contributed by atoms with Crippen LogP contribution in [0.3, 0.4) is 0 Å². The van der Waals surface area contributed by atoms with Crippen LogP contribution in [-0.2, 0) is 0 Å². The maximum Gasteiger partial charge on any atom is 0.128 e. The summed E-state index contributed by atoms with van der Waals surface area (Å²) in [7, 11) is 3.41. The van der Waals surface area contributed by atoms with Gasteiger partial charge in [-0.15, -0.1) is 0 Å². The van der Waals surface area contributed by atoms with Gasteiger partial charge in [0.1, 0.15) is 7.28 Å². The Hall–Kier alpha value is -1.18. The zero-order valence-electron chi connectivity index (χ0n) is 14.3. The Balaban J connectivity index is 0.00000172. The molecule has 0 fully saturated rings. The van der Waals surface area contributed by atoms with E-state index in [-0.39, 0.29) is 0 Å². The number of hydrogen-bond acceptors (Lipinski definition) is 1. The van der Waals surface area contributed by atoms with Crippen LogP contribution in [0.15, 0.2) is 48.2 Å². The maximum absolute atomic E-state index is 2.29. The topological polar surface area (TPSA) is 3.24 Å². The Kier molecular flexibility index (Phi) is 11.0. The molecule has 1 nitrogen and oxygen atoms in total. The summed E-state index contributed by atoms with van der Waals surface area (Å²) >= 11 is 0. The molecule has 1 heterocycles. The van der Waals surface area contributed by atoms with Gasteiger partial charge in [0.15, 0.2) is 0 Å². The zero-order valence-corrected chi connectivity index (χ0v) is 14.3. The van der Waals surface area contributed by atoms with Gasteiger partial charge < -0.3 is 4.90 Å². The molecule has 2 heteroatoms. The van der Waals surface area contributed by atoms with Crippen molar-refractivity contribution in [1.29, 1.82) is 0 Å². The molecule has 112 valence electrons. The molecule has 1 atom stereocenters. The van der Waals surface area contributed by atoms with Crippen LogP contribution in [0.2, 0.25) is 12.6 Å². The van der Waals surface area contributed by atoms with Gasteiger partial charge >= 0.3 is 0 Å². The van der Waals surface area contributed by atoms with Crippen LogP contribution in [-0.4, -0.2) is 25.3 Å². The van der Waals surface area contributed by atoms with Crippen molar-refractivity contribution >= 4 is 7.28 Å². The highest BCUT2D eigenvalue weighted by molar-refractivity contribution is 6.36. The lowest BCUT2D eigenvalue weighted by Crippen LogP contribution is -2.27. The van der Waals surface area contributed by atoms with Crippen LogP contribution in [0.1, 0.15) is 34.6 Å². The van der Waals surface area contributed by atoms with Gasteiger partial charge in [0.05, 0.1) is 0 Å². The minimum absolute atomic E-state index is 0.578. The van der Waals surface area contributed by atoms with E-state index in [2.05, 4.69) is 75.4 Å². The highest BCUT2D eigenvalue weighted by Crippen LogP contribution is 2.12. The molecule has 0 amide bonds. The van der Waals surface area contributed by atoms with Crippen LogP contribution in [0.4, 0.5) is 0 Å². The third-order valence-corrected chi connectivity index (χ3v) is 3.24. The summed E-state index contributed by atoms with van der Waals surface area (Å²) in [6.45, 7) is 10.6. The predicted octanol–water partition coefficient (Wildman–Crippen LogP) is 4.83. The number of rotatable bonds is 6. The van der Waals surface area contributed by atoms with Crippen molar-refractivity contribution in [2.45, 2.75) is 53.3 Å². The van der Waals surface area contributed by atoms with Gasteiger partial charge in [-0.1, -0.05) is 76.3 Å². The van der Waals surface area contributed by atoms with E-state index in [4.69, 9.17) is 0 Å². The van der Waals surface area contributed by atoms with Crippen molar-refractivity contribution in [1.82, 2.24) is 4.90 Å². The number of nitrogens with zero attached hydrogens (tertiary/aromatic N) is 1. The average Bonchev–Trinajstić information content (AvgIpc) is 2.43. The molecule has 0 saturated carbocycles. The van der Waals surface area contributed by atoms with Crippen LogP contribution < -0.4 is 0 Å². The van der Waals surface area contributed by atoms with Crippen LogP contribution in [0.25, 0.3) is 0 Å². The fourth-order valence-electron chi connectivity index (χ4n) is 2.04. The van der Waals surface area contributed by atoms with E-state index in [0.717, 1.165) is 0 Å². The average molecular weight is 273 g/mol. The Morgan fingerprint density at radius 2 is 2.00 bits per heavy atom. The zero-order chi connectivity index (χ0) is 15.4. The molecule has 20 heavy (non-hydrogen) atoms. The normalized spacial score (nSPS) is 18.4. The summed E-state index contributed by atoms with van der Waals surface area (Å²) in [5.74, 6) is 0.641. The molecule has 0 spiro atoms. The molecular formula is C18H32BN. The Labute approximate surface area is 127 Å². The first-order valence-corrected chi connectivity index (χ1v) is 8.00. The van der Waals surface area contributed by atoms with E-state index in [9.17, 15) is 0 Å². The third-order valence-electron chi connectivity index (χ3n) is 3.24. The van der Waals surface area contributed by atoms with Gasteiger partial charge in [-0.3, -0.25) is 0 Å². The van der Waals surface area contributed by atoms with E-state index < -0.39 is 0 Å². The molecular weight excluding hydrogens is 241 g/mol. The van der Waals surface area contributed by atoms with E-state index in [1.165, 1.54) is 25.5 Å². The molecule has 1 aliphatic heterocycles. The SMILES string of the molecule is C/C(=C\C=C/C(C)C)CBCC1C=CC=CN1C.CC. The largest absolute Gasteiger partial charge is 0.375 e. The molecule has 0 radical (unpaired) electrons. The van der Waals surface area contributed by atoms with Crippen molar-refractivity contribution in [2.75, 3.05) is 7.05 Å². The highest BCUT2D eigenvalue weighted by atomic mass is 15.1. The maximum atomic E-state index is 2.29. The first-order chi connectivity index (χ1) is 9.59. The highest BCUT2D eigenvalue weighted by Gasteiger charge is 2.10. The monoisotopic (exact) mass is 273 g/mol. The second kappa shape index (κ2) is 11.6. The Morgan fingerprint density at radius 1 is 1.30 bits per heavy atom. The van der Waals surface area contributed by atoms with Crippen LogP contribution in [0, 0.1) is 5.92 Å². The summed E-state index contributed by atoms with van der Waals surface area (Å²) < 4.78 is 0. The molecule has 0 saturated heterocycles. The first-order valence-electron chi connectivity index (χ1n) is 8.00. The van der Waals surface area contributed by atoms with Crippen LogP contribution >= 0.6 is 0 Å². The fourth-order valence-corrected chi connectivity index (χ4v) is 2.04. The Bertz CT molecular complexity index is 350. The van der Waals surface area contributed by atoms with Gasteiger partial charge in [0.25, 0.3) is 0 Å². The van der Waals surface area contributed by atoms with Gasteiger partial charge in [0, 0.05) is 13.1 Å². The van der Waals surface area contributed by atoms with Crippen molar-refractivity contribution < 1.29 is 0 Å². The number of likely N-dealkylation sites (N-methyl/N-ethyl adjacent to an activating group) is 1. The van der Waals surface area contributed by atoms with Crippen molar-refractivity contribution in [2.24, 2.45) is 5.92 Å². The van der Waals surface area contributed by atoms with Crippen LogP contribution in [0.5, 0.6) is 0 Å². The summed E-state index contributed by atoms with van der Waals surface area (Å²) in [4.78, 5) is 2.29. The quantitative estimate of drug-likeness (QED) is 0.495. The summed E-state index contributed by atoms with van der Waals surface area (Å²) in [6, 6.07) is 0.578. The number of allylic oxidation sites excluding steroid dienone is 6. The standard InChI is InChI=1S/C16H26BN.C2H6/c1-14(2)8-7-9-15(3)12-17-13-16-10-5-6-11-18(16)4;1-2/h5-11,14,16-17H,12-13H2,1-4H3;1-2H3/b8-7-,15-9+;. The molecule has 0 N–H and O–H groups in total. The second-order valence-corrected chi connectivity index (χ2v) is 5.49. The molecule has 1 unspecified atom stereocenters. The van der Waals surface area contributed by atoms with Crippen molar-refractivity contribution in [3.63, 3.8) is 0 Å². The smallest absolute Gasteiger partial charge is 0.128 e. The van der Waals surface area contributed by atoms with Crippen molar-refractivity contribution in [3.8, 4) is 0 Å². The van der Waals surface area contributed by atoms with E-state index >= 15 is 0 Å². The minimum Gasteiger partial charge on any atom is -0.375 e. The van der Waals surface area contributed by atoms with Gasteiger partial charge in [0.2, 0.25) is 0 Å². The molecule has 0 aromatic rings. The second-order valence-electron chi connectivity index (χ2n) is 5.49. The van der Waals surface area contributed by atoms with E-state index in [0.29, 0.717) is 12.0 Å². The lowest BCUT2D eigenvalue weighted by Gasteiger charge is -2.25. The number of hydrogen-bond donors (Lipinski definition) is 0. The van der Waals surface area contributed by atoms with E-state index in [1.807, 2.05) is 13.8 Å². The molecule has 0 aromatic carbocycles. The Morgan fingerprint density at radius 3 is 2.60 bits per heavy atom. The molecule has 1 aliphatic rings. The van der Waals surface area contributed by atoms with Gasteiger partial charge in [-0.25, -0.2) is 0 Å².